The van der Waals surface area contributed by atoms with Gasteiger partial charge in [0.15, 0.2) is 0 Å². The molecule has 0 spiro atoms. The summed E-state index contributed by atoms with van der Waals surface area (Å²) in [5.41, 5.74) is 2.04. The topological polar surface area (TPSA) is 61.8 Å². The zero-order valence-electron chi connectivity index (χ0n) is 17.1. The van der Waals surface area contributed by atoms with Crippen molar-refractivity contribution in [3.63, 3.8) is 0 Å². The smallest absolute Gasteiger partial charge is 0.343 e. The Morgan fingerprint density at radius 3 is 1.57 bits per heavy atom. The van der Waals surface area contributed by atoms with Crippen LogP contribution in [0.1, 0.15) is 46.0 Å². The maximum atomic E-state index is 12.3. The van der Waals surface area contributed by atoms with E-state index in [0.29, 0.717) is 28.4 Å². The Labute approximate surface area is 176 Å². The highest BCUT2D eigenvalue weighted by molar-refractivity contribution is 5.92. The summed E-state index contributed by atoms with van der Waals surface area (Å²) in [5.74, 6) is 0.512. The lowest BCUT2D eigenvalue weighted by atomic mass is 10.1. The van der Waals surface area contributed by atoms with E-state index in [1.165, 1.54) is 5.56 Å². The van der Waals surface area contributed by atoms with Crippen molar-refractivity contribution in [1.29, 1.82) is 0 Å². The molecule has 0 aliphatic rings. The number of methoxy groups -OCH3 is 1. The molecule has 154 valence electrons. The summed E-state index contributed by atoms with van der Waals surface area (Å²) in [6.45, 7) is 2.15. The lowest BCUT2D eigenvalue weighted by Crippen LogP contribution is -2.10. The molecule has 5 heteroatoms. The first-order valence-corrected chi connectivity index (χ1v) is 9.86. The van der Waals surface area contributed by atoms with Crippen molar-refractivity contribution in [3.8, 4) is 17.2 Å². The number of carbonyl (C=O) groups excluding carboxylic acids is 2. The van der Waals surface area contributed by atoms with Crippen LogP contribution < -0.4 is 14.2 Å². The highest BCUT2D eigenvalue weighted by atomic mass is 16.5. The fourth-order valence-corrected chi connectivity index (χ4v) is 2.82. The van der Waals surface area contributed by atoms with Gasteiger partial charge in [0, 0.05) is 0 Å². The Morgan fingerprint density at radius 2 is 1.10 bits per heavy atom. The van der Waals surface area contributed by atoms with Gasteiger partial charge in [0.25, 0.3) is 0 Å². The highest BCUT2D eigenvalue weighted by Gasteiger charge is 2.12. The van der Waals surface area contributed by atoms with E-state index >= 15 is 0 Å². The van der Waals surface area contributed by atoms with Crippen LogP contribution in [0.3, 0.4) is 0 Å². The van der Waals surface area contributed by atoms with Crippen LogP contribution >= 0.6 is 0 Å². The van der Waals surface area contributed by atoms with Gasteiger partial charge in [-0.2, -0.15) is 0 Å². The van der Waals surface area contributed by atoms with E-state index in [9.17, 15) is 9.59 Å². The number of aryl methyl sites for hydroxylation is 1. The standard InChI is InChI=1S/C25H24O5/c1-3-4-5-18-6-8-19(9-7-18)24(26)29-22-12-10-20(11-13-22)25(27)30-23-16-14-21(28-2)15-17-23/h6-17H,3-5H2,1-2H3. The summed E-state index contributed by atoms with van der Waals surface area (Å²) < 4.78 is 15.8. The van der Waals surface area contributed by atoms with Crippen LogP contribution in [0, 0.1) is 0 Å². The lowest BCUT2D eigenvalue weighted by molar-refractivity contribution is 0.0730. The molecule has 0 aromatic heterocycles. The average Bonchev–Trinajstić information content (AvgIpc) is 2.79. The summed E-state index contributed by atoms with van der Waals surface area (Å²) in [4.78, 5) is 24.6. The molecule has 3 rings (SSSR count). The van der Waals surface area contributed by atoms with E-state index < -0.39 is 11.9 Å². The van der Waals surface area contributed by atoms with Crippen LogP contribution in [0.15, 0.2) is 72.8 Å². The third kappa shape index (κ3) is 5.70. The molecule has 0 heterocycles. The number of esters is 2. The Hall–Kier alpha value is -3.60. The Morgan fingerprint density at radius 1 is 0.667 bits per heavy atom. The van der Waals surface area contributed by atoms with Crippen molar-refractivity contribution in [2.45, 2.75) is 26.2 Å². The fourth-order valence-electron chi connectivity index (χ4n) is 2.82. The van der Waals surface area contributed by atoms with Gasteiger partial charge in [-0.1, -0.05) is 25.5 Å². The number of benzene rings is 3. The van der Waals surface area contributed by atoms with Crippen molar-refractivity contribution >= 4 is 11.9 Å². The second kappa shape index (κ2) is 10.3. The minimum Gasteiger partial charge on any atom is -0.497 e. The molecule has 0 radical (unpaired) electrons. The van der Waals surface area contributed by atoms with Crippen LogP contribution in [-0.2, 0) is 6.42 Å². The number of rotatable bonds is 8. The molecular weight excluding hydrogens is 380 g/mol. The zero-order valence-corrected chi connectivity index (χ0v) is 17.1. The molecule has 3 aromatic carbocycles. The average molecular weight is 404 g/mol. The molecule has 0 amide bonds. The SMILES string of the molecule is CCCCc1ccc(C(=O)Oc2ccc(C(=O)Oc3ccc(OC)cc3)cc2)cc1. The molecule has 30 heavy (non-hydrogen) atoms. The van der Waals surface area contributed by atoms with Crippen molar-refractivity contribution in [3.05, 3.63) is 89.5 Å². The Kier molecular flexibility index (Phi) is 7.22. The predicted octanol–water partition coefficient (Wildman–Crippen LogP) is 5.48. The second-order valence-corrected chi connectivity index (χ2v) is 6.78. The zero-order chi connectivity index (χ0) is 21.3. The summed E-state index contributed by atoms with van der Waals surface area (Å²) in [7, 11) is 1.57. The molecule has 0 unspecified atom stereocenters. The minimum atomic E-state index is -0.499. The highest BCUT2D eigenvalue weighted by Crippen LogP contribution is 2.20. The molecule has 0 atom stereocenters. The first-order valence-electron chi connectivity index (χ1n) is 9.86. The number of unbranched alkanes of at least 4 members (excludes halogenated alkanes) is 1. The Bertz CT molecular complexity index is 974. The molecule has 5 nitrogen and oxygen atoms in total. The summed E-state index contributed by atoms with van der Waals surface area (Å²) in [6.07, 6.45) is 3.25. The van der Waals surface area contributed by atoms with Gasteiger partial charge in [-0.05, 0) is 79.1 Å². The maximum absolute atomic E-state index is 12.3. The quantitative estimate of drug-likeness (QED) is 0.368. The van der Waals surface area contributed by atoms with Gasteiger partial charge >= 0.3 is 11.9 Å². The maximum Gasteiger partial charge on any atom is 0.343 e. The molecule has 0 bridgehead atoms. The molecule has 0 aliphatic carbocycles. The molecule has 0 N–H and O–H groups in total. The summed E-state index contributed by atoms with van der Waals surface area (Å²) in [6, 6.07) is 20.4. The van der Waals surface area contributed by atoms with Crippen LogP contribution in [0.25, 0.3) is 0 Å². The van der Waals surface area contributed by atoms with Crippen LogP contribution in [-0.4, -0.2) is 19.0 Å². The minimum absolute atomic E-state index is 0.353. The number of hydrogen-bond acceptors (Lipinski definition) is 5. The molecule has 3 aromatic rings. The molecule has 0 saturated carbocycles. The monoisotopic (exact) mass is 404 g/mol. The van der Waals surface area contributed by atoms with Crippen LogP contribution in [0.2, 0.25) is 0 Å². The van der Waals surface area contributed by atoms with Gasteiger partial charge in [-0.3, -0.25) is 0 Å². The van der Waals surface area contributed by atoms with E-state index in [1.54, 1.807) is 67.8 Å². The van der Waals surface area contributed by atoms with Crippen LogP contribution in [0.5, 0.6) is 17.2 Å². The van der Waals surface area contributed by atoms with Crippen molar-refractivity contribution in [1.82, 2.24) is 0 Å². The van der Waals surface area contributed by atoms with Gasteiger partial charge in [0.05, 0.1) is 18.2 Å². The molecule has 0 saturated heterocycles. The fraction of sp³-hybridized carbons (Fsp3) is 0.200. The van der Waals surface area contributed by atoms with Gasteiger partial charge in [0.2, 0.25) is 0 Å². The van der Waals surface area contributed by atoms with Crippen molar-refractivity contribution in [2.75, 3.05) is 7.11 Å². The largest absolute Gasteiger partial charge is 0.497 e. The lowest BCUT2D eigenvalue weighted by Gasteiger charge is -2.07. The molecule has 0 fully saturated rings. The third-order valence-electron chi connectivity index (χ3n) is 4.58. The number of ether oxygens (including phenoxy) is 3. The summed E-state index contributed by atoms with van der Waals surface area (Å²) >= 11 is 0. The third-order valence-corrected chi connectivity index (χ3v) is 4.58. The predicted molar refractivity (Wildman–Crippen MR) is 114 cm³/mol. The van der Waals surface area contributed by atoms with Gasteiger partial charge in [0.1, 0.15) is 17.2 Å². The number of carbonyl (C=O) groups is 2. The second-order valence-electron chi connectivity index (χ2n) is 6.78. The first kappa shape index (κ1) is 21.1. The van der Waals surface area contributed by atoms with E-state index in [2.05, 4.69) is 6.92 Å². The van der Waals surface area contributed by atoms with Crippen molar-refractivity contribution in [2.24, 2.45) is 0 Å². The summed E-state index contributed by atoms with van der Waals surface area (Å²) in [5, 5.41) is 0. The van der Waals surface area contributed by atoms with Crippen LogP contribution in [0.4, 0.5) is 0 Å². The van der Waals surface area contributed by atoms with Crippen molar-refractivity contribution < 1.29 is 23.8 Å². The van der Waals surface area contributed by atoms with Gasteiger partial charge in [-0.25, -0.2) is 9.59 Å². The molecule has 0 aliphatic heterocycles. The van der Waals surface area contributed by atoms with Gasteiger partial charge in [-0.15, -0.1) is 0 Å². The van der Waals surface area contributed by atoms with E-state index in [-0.39, 0.29) is 0 Å². The van der Waals surface area contributed by atoms with E-state index in [4.69, 9.17) is 14.2 Å². The Balaban J connectivity index is 1.57. The van der Waals surface area contributed by atoms with E-state index in [1.807, 2.05) is 12.1 Å². The first-order chi connectivity index (χ1) is 14.6. The molecular formula is C25H24O5. The van der Waals surface area contributed by atoms with E-state index in [0.717, 1.165) is 19.3 Å². The number of hydrogen-bond donors (Lipinski definition) is 0. The normalized spacial score (nSPS) is 10.3. The van der Waals surface area contributed by atoms with Gasteiger partial charge < -0.3 is 14.2 Å².